The van der Waals surface area contributed by atoms with Crippen LogP contribution in [0, 0.1) is 0 Å². The molecule has 0 N–H and O–H groups in total. The summed E-state index contributed by atoms with van der Waals surface area (Å²) in [5.74, 6) is 0. The van der Waals surface area contributed by atoms with Gasteiger partial charge in [-0.2, -0.15) is 0 Å². The number of hydrogen-bond acceptors (Lipinski definition) is 2. The molecule has 1 nitrogen and oxygen atoms in total. The van der Waals surface area contributed by atoms with Crippen LogP contribution in [0.3, 0.4) is 0 Å². The molecular weight excluding hydrogens is 298 g/mol. The minimum absolute atomic E-state index is 0.758. The molecule has 0 aromatic heterocycles. The summed E-state index contributed by atoms with van der Waals surface area (Å²) < 4.78 is 0. The summed E-state index contributed by atoms with van der Waals surface area (Å²) in [6.45, 7) is 0. The average molecular weight is 310 g/mol. The van der Waals surface area contributed by atoms with Crippen LogP contribution in [0.5, 0.6) is 0 Å². The molecule has 0 fully saturated rings. The molecule has 0 amide bonds. The van der Waals surface area contributed by atoms with Gasteiger partial charge in [0.05, 0.1) is 22.1 Å². The van der Waals surface area contributed by atoms with E-state index in [1.807, 2.05) is 18.2 Å². The molecule has 3 aromatic rings. The molecule has 0 aliphatic carbocycles. The Morgan fingerprint density at radius 2 is 1.10 bits per heavy atom. The Balaban J connectivity index is 2.00. The van der Waals surface area contributed by atoms with Crippen LogP contribution in [0.4, 0.5) is 17.1 Å². The molecule has 3 aromatic carbocycles. The van der Waals surface area contributed by atoms with E-state index in [-0.39, 0.29) is 0 Å². The van der Waals surface area contributed by atoms with E-state index >= 15 is 0 Å². The monoisotopic (exact) mass is 309 g/mol. The van der Waals surface area contributed by atoms with Gasteiger partial charge in [0.25, 0.3) is 0 Å². The molecule has 1 aliphatic rings. The maximum absolute atomic E-state index is 6.44. The molecule has 0 atom stereocenters. The Labute approximate surface area is 133 Å². The van der Waals surface area contributed by atoms with Crippen LogP contribution < -0.4 is 4.90 Å². The SMILES string of the molecule is Clc1ccccc1N1c2ccccc2Sc2ccccc21. The van der Waals surface area contributed by atoms with Crippen LogP contribution in [0.2, 0.25) is 5.02 Å². The molecule has 21 heavy (non-hydrogen) atoms. The zero-order chi connectivity index (χ0) is 14.2. The van der Waals surface area contributed by atoms with E-state index in [1.165, 1.54) is 21.2 Å². The first kappa shape index (κ1) is 12.8. The van der Waals surface area contributed by atoms with Gasteiger partial charge in [-0.15, -0.1) is 0 Å². The number of benzene rings is 3. The first-order valence-corrected chi connectivity index (χ1v) is 7.94. The molecule has 1 heterocycles. The topological polar surface area (TPSA) is 3.24 Å². The average Bonchev–Trinajstić information content (AvgIpc) is 2.53. The molecule has 1 aliphatic heterocycles. The third-order valence-electron chi connectivity index (χ3n) is 3.53. The summed E-state index contributed by atoms with van der Waals surface area (Å²) in [6.07, 6.45) is 0. The molecule has 4 rings (SSSR count). The van der Waals surface area contributed by atoms with E-state index in [4.69, 9.17) is 11.6 Å². The van der Waals surface area contributed by atoms with Crippen molar-refractivity contribution in [1.29, 1.82) is 0 Å². The van der Waals surface area contributed by atoms with Gasteiger partial charge in [-0.3, -0.25) is 0 Å². The summed E-state index contributed by atoms with van der Waals surface area (Å²) in [4.78, 5) is 4.73. The van der Waals surface area contributed by atoms with Crippen LogP contribution in [0.1, 0.15) is 0 Å². The van der Waals surface area contributed by atoms with Crippen LogP contribution in [0.15, 0.2) is 82.6 Å². The van der Waals surface area contributed by atoms with Crippen molar-refractivity contribution < 1.29 is 0 Å². The lowest BCUT2D eigenvalue weighted by atomic mass is 10.2. The molecule has 0 spiro atoms. The first-order valence-electron chi connectivity index (χ1n) is 6.75. The Hall–Kier alpha value is -1.90. The van der Waals surface area contributed by atoms with E-state index in [0.717, 1.165) is 10.7 Å². The minimum Gasteiger partial charge on any atom is -0.307 e. The zero-order valence-electron chi connectivity index (χ0n) is 11.2. The van der Waals surface area contributed by atoms with Crippen LogP contribution in [0.25, 0.3) is 0 Å². The molecule has 0 unspecified atom stereocenters. The van der Waals surface area contributed by atoms with Crippen molar-refractivity contribution in [2.75, 3.05) is 4.90 Å². The lowest BCUT2D eigenvalue weighted by Crippen LogP contribution is -2.14. The van der Waals surface area contributed by atoms with Gasteiger partial charge < -0.3 is 4.90 Å². The highest BCUT2D eigenvalue weighted by Gasteiger charge is 2.25. The second kappa shape index (κ2) is 5.14. The van der Waals surface area contributed by atoms with E-state index < -0.39 is 0 Å². The van der Waals surface area contributed by atoms with Gasteiger partial charge in [0.2, 0.25) is 0 Å². The van der Waals surface area contributed by atoms with Gasteiger partial charge in [-0.25, -0.2) is 0 Å². The highest BCUT2D eigenvalue weighted by molar-refractivity contribution is 7.99. The lowest BCUT2D eigenvalue weighted by Gasteiger charge is -2.33. The number of halogens is 1. The van der Waals surface area contributed by atoms with Crippen LogP contribution in [-0.2, 0) is 0 Å². The van der Waals surface area contributed by atoms with Crippen molar-refractivity contribution >= 4 is 40.4 Å². The molecular formula is C18H12ClNS. The number of hydrogen-bond donors (Lipinski definition) is 0. The van der Waals surface area contributed by atoms with Crippen molar-refractivity contribution in [2.45, 2.75) is 9.79 Å². The van der Waals surface area contributed by atoms with E-state index in [1.54, 1.807) is 11.8 Å². The zero-order valence-corrected chi connectivity index (χ0v) is 12.7. The summed E-state index contributed by atoms with van der Waals surface area (Å²) in [6, 6.07) is 24.8. The molecule has 0 saturated carbocycles. The van der Waals surface area contributed by atoms with Crippen molar-refractivity contribution in [3.63, 3.8) is 0 Å². The number of nitrogens with zero attached hydrogens (tertiary/aromatic N) is 1. The van der Waals surface area contributed by atoms with Gasteiger partial charge in [-0.1, -0.05) is 59.8 Å². The predicted molar refractivity (Wildman–Crippen MR) is 90.3 cm³/mol. The molecule has 102 valence electrons. The van der Waals surface area contributed by atoms with Gasteiger partial charge in [0.1, 0.15) is 0 Å². The van der Waals surface area contributed by atoms with Gasteiger partial charge in [0, 0.05) is 9.79 Å². The van der Waals surface area contributed by atoms with Gasteiger partial charge in [0.15, 0.2) is 0 Å². The van der Waals surface area contributed by atoms with Crippen molar-refractivity contribution in [2.24, 2.45) is 0 Å². The number of para-hydroxylation sites is 3. The van der Waals surface area contributed by atoms with Crippen molar-refractivity contribution in [1.82, 2.24) is 0 Å². The summed E-state index contributed by atoms with van der Waals surface area (Å²) in [7, 11) is 0. The van der Waals surface area contributed by atoms with E-state index in [0.29, 0.717) is 0 Å². The van der Waals surface area contributed by atoms with Crippen LogP contribution >= 0.6 is 23.4 Å². The van der Waals surface area contributed by atoms with E-state index in [2.05, 4.69) is 59.5 Å². The fourth-order valence-corrected chi connectivity index (χ4v) is 3.88. The minimum atomic E-state index is 0.758. The smallest absolute Gasteiger partial charge is 0.0648 e. The third-order valence-corrected chi connectivity index (χ3v) is 4.98. The highest BCUT2D eigenvalue weighted by Crippen LogP contribution is 2.52. The fraction of sp³-hybridized carbons (Fsp3) is 0. The standard InChI is InChI=1S/C18H12ClNS/c19-13-7-1-2-8-14(13)20-15-9-3-5-11-17(15)21-18-12-6-4-10-16(18)20/h1-12H. The lowest BCUT2D eigenvalue weighted by molar-refractivity contribution is 1.17. The number of anilines is 3. The fourth-order valence-electron chi connectivity index (χ4n) is 2.60. The Kier molecular flexibility index (Phi) is 3.13. The Morgan fingerprint density at radius 3 is 1.67 bits per heavy atom. The number of rotatable bonds is 1. The van der Waals surface area contributed by atoms with Gasteiger partial charge in [-0.05, 0) is 36.4 Å². The van der Waals surface area contributed by atoms with Crippen LogP contribution in [-0.4, -0.2) is 0 Å². The number of fused-ring (bicyclic) bond motifs is 2. The molecule has 3 heteroatoms. The summed E-state index contributed by atoms with van der Waals surface area (Å²) >= 11 is 8.24. The third kappa shape index (κ3) is 2.11. The first-order chi connectivity index (χ1) is 10.3. The Bertz CT molecular complexity index is 755. The van der Waals surface area contributed by atoms with Crippen molar-refractivity contribution in [3.05, 3.63) is 77.8 Å². The summed E-state index contributed by atoms with van der Waals surface area (Å²) in [5, 5.41) is 0.758. The second-order valence-electron chi connectivity index (χ2n) is 4.82. The maximum Gasteiger partial charge on any atom is 0.0648 e. The predicted octanol–water partition coefficient (Wildman–Crippen LogP) is 6.27. The quantitative estimate of drug-likeness (QED) is 0.407. The maximum atomic E-state index is 6.44. The van der Waals surface area contributed by atoms with E-state index in [9.17, 15) is 0 Å². The highest BCUT2D eigenvalue weighted by atomic mass is 35.5. The molecule has 0 radical (unpaired) electrons. The van der Waals surface area contributed by atoms with Gasteiger partial charge >= 0.3 is 0 Å². The normalized spacial score (nSPS) is 12.7. The molecule has 0 bridgehead atoms. The largest absolute Gasteiger partial charge is 0.307 e. The van der Waals surface area contributed by atoms with Crippen molar-refractivity contribution in [3.8, 4) is 0 Å². The second-order valence-corrected chi connectivity index (χ2v) is 6.32. The Morgan fingerprint density at radius 1 is 0.619 bits per heavy atom. The summed E-state index contributed by atoms with van der Waals surface area (Å²) in [5.41, 5.74) is 3.36. The molecule has 0 saturated heterocycles.